The first-order valence-electron chi connectivity index (χ1n) is 11.9. The minimum atomic E-state index is -1.03. The topological polar surface area (TPSA) is 192 Å². The quantitative estimate of drug-likeness (QED) is 0.121. The first-order chi connectivity index (χ1) is 19.0. The van der Waals surface area contributed by atoms with Crippen LogP contribution in [0.5, 0.6) is 5.75 Å². The molecule has 1 aromatic rings. The molecule has 5 atom stereocenters. The molecule has 2 rings (SSSR count). The van der Waals surface area contributed by atoms with Gasteiger partial charge >= 0.3 is 17.9 Å². The lowest BCUT2D eigenvalue weighted by atomic mass is 10.1. The van der Waals surface area contributed by atoms with Gasteiger partial charge in [-0.15, -0.1) is 0 Å². The number of ketones is 1. The lowest BCUT2D eigenvalue weighted by molar-refractivity contribution is -0.144. The van der Waals surface area contributed by atoms with E-state index in [1.54, 1.807) is 52.0 Å². The van der Waals surface area contributed by atoms with Crippen LogP contribution in [0.1, 0.15) is 38.1 Å². The van der Waals surface area contributed by atoms with Crippen LogP contribution in [0.15, 0.2) is 24.3 Å². The second-order valence-corrected chi connectivity index (χ2v) is 13.4. The SMILES string of the molecule is CC(Br)C(=O)OCC1CO1.CC(Br)C(=O)OCCO.CC(Br)C(=O)c1ccc(OCC(=O)O)cc1.CC(Br)C(N)=O. The molecule has 4 N–H and O–H groups in total. The fraction of sp³-hybridized carbons (Fsp3) is 0.560. The summed E-state index contributed by atoms with van der Waals surface area (Å²) in [6.45, 7) is 7.52. The van der Waals surface area contributed by atoms with Gasteiger partial charge in [-0.25, -0.2) is 4.79 Å². The van der Waals surface area contributed by atoms with Gasteiger partial charge in [0.1, 0.15) is 34.7 Å². The largest absolute Gasteiger partial charge is 0.482 e. The number of esters is 2. The highest BCUT2D eigenvalue weighted by molar-refractivity contribution is 9.10. The molecule has 0 radical (unpaired) electrons. The summed E-state index contributed by atoms with van der Waals surface area (Å²) in [5.41, 5.74) is 5.31. The molecule has 234 valence electrons. The lowest BCUT2D eigenvalue weighted by Crippen LogP contribution is -2.19. The van der Waals surface area contributed by atoms with Crippen LogP contribution >= 0.6 is 63.7 Å². The molecule has 1 heterocycles. The standard InChI is InChI=1S/C11H11BrO4.C6H9BrO3.C5H9BrO3.C3H6BrNO/c1-7(12)11(15)8-2-4-9(5-3-8)16-6-10(13)14;1-4(7)6(8)10-3-5-2-9-5;1-4(6)5(8)9-3-2-7;1-2(4)3(5)6/h2-5,7H,6H2,1H3,(H,13,14);4-5H,2-3H2,1H3;4,7H,2-3H2,1H3;2H,1H3,(H2,5,6). The average Bonchev–Trinajstić information content (AvgIpc) is 3.74. The highest BCUT2D eigenvalue weighted by atomic mass is 79.9. The number of aliphatic carboxylic acids is 1. The highest BCUT2D eigenvalue weighted by Gasteiger charge is 2.24. The van der Waals surface area contributed by atoms with E-state index in [1.807, 2.05) is 0 Å². The number of carboxylic acids is 1. The summed E-state index contributed by atoms with van der Waals surface area (Å²) in [5, 5.41) is 16.6. The van der Waals surface area contributed by atoms with Crippen molar-refractivity contribution in [3.8, 4) is 5.75 Å². The van der Waals surface area contributed by atoms with Crippen molar-refractivity contribution < 1.29 is 53.1 Å². The molecule has 0 aromatic heterocycles. The molecule has 16 heteroatoms. The van der Waals surface area contributed by atoms with E-state index in [-0.39, 0.29) is 68.9 Å². The predicted octanol–water partition coefficient (Wildman–Crippen LogP) is 3.39. The minimum Gasteiger partial charge on any atom is -0.482 e. The molecule has 0 bridgehead atoms. The van der Waals surface area contributed by atoms with Gasteiger partial charge in [0.25, 0.3) is 0 Å². The zero-order valence-corrected chi connectivity index (χ0v) is 29.2. The maximum absolute atomic E-state index is 11.5. The molecule has 1 amide bonds. The van der Waals surface area contributed by atoms with Crippen LogP contribution in [0.4, 0.5) is 0 Å². The Balaban J connectivity index is 0. The summed E-state index contributed by atoms with van der Waals surface area (Å²) in [6, 6.07) is 6.37. The lowest BCUT2D eigenvalue weighted by Gasteiger charge is -2.05. The summed E-state index contributed by atoms with van der Waals surface area (Å²) in [7, 11) is 0. The van der Waals surface area contributed by atoms with Crippen LogP contribution in [0, 0.1) is 0 Å². The zero-order chi connectivity index (χ0) is 32.1. The number of carboxylic acid groups (broad SMARTS) is 1. The molecule has 12 nitrogen and oxygen atoms in total. The number of primary amides is 1. The number of epoxide rings is 1. The fourth-order valence-electron chi connectivity index (χ4n) is 1.81. The van der Waals surface area contributed by atoms with Crippen LogP contribution in [0.3, 0.4) is 0 Å². The van der Waals surface area contributed by atoms with Crippen molar-refractivity contribution in [3.63, 3.8) is 0 Å². The van der Waals surface area contributed by atoms with Gasteiger partial charge in [0.05, 0.1) is 22.9 Å². The number of carbonyl (C=O) groups excluding carboxylic acids is 4. The monoisotopic (exact) mass is 841 g/mol. The molecule has 1 aliphatic heterocycles. The van der Waals surface area contributed by atoms with E-state index in [1.165, 1.54) is 0 Å². The van der Waals surface area contributed by atoms with Gasteiger partial charge in [-0.2, -0.15) is 0 Å². The van der Waals surface area contributed by atoms with E-state index in [4.69, 9.17) is 30.2 Å². The maximum atomic E-state index is 11.5. The Morgan fingerprint density at radius 2 is 1.37 bits per heavy atom. The number of rotatable bonds is 12. The smallest absolute Gasteiger partial charge is 0.341 e. The summed E-state index contributed by atoms with van der Waals surface area (Å²) in [4.78, 5) is 52.0. The Hall–Kier alpha value is -1.59. The van der Waals surface area contributed by atoms with Crippen molar-refractivity contribution in [1.29, 1.82) is 0 Å². The molecule has 1 aromatic carbocycles. The third-order valence-corrected chi connectivity index (χ3v) is 5.67. The molecule has 0 aliphatic carbocycles. The Bertz CT molecular complexity index is 938. The number of benzene rings is 1. The van der Waals surface area contributed by atoms with Crippen molar-refractivity contribution in [2.24, 2.45) is 5.73 Å². The molecular weight excluding hydrogens is 810 g/mol. The Morgan fingerprint density at radius 3 is 1.71 bits per heavy atom. The molecule has 0 spiro atoms. The van der Waals surface area contributed by atoms with Gasteiger partial charge in [-0.05, 0) is 52.0 Å². The van der Waals surface area contributed by atoms with Crippen molar-refractivity contribution in [1.82, 2.24) is 0 Å². The second-order valence-electron chi connectivity index (χ2n) is 7.91. The normalized spacial score (nSPS) is 15.7. The third kappa shape index (κ3) is 24.7. The number of alkyl halides is 4. The number of Topliss-reactive ketones (excluding diaryl/α,β-unsaturated/α-hetero) is 1. The molecule has 1 fully saturated rings. The molecule has 0 saturated carbocycles. The third-order valence-electron chi connectivity index (χ3n) is 4.05. The van der Waals surface area contributed by atoms with E-state index in [2.05, 4.69) is 68.5 Å². The number of aliphatic hydroxyl groups excluding tert-OH is 1. The molecule has 1 aliphatic rings. The van der Waals surface area contributed by atoms with Gasteiger partial charge in [-0.3, -0.25) is 19.2 Å². The number of ether oxygens (including phenoxy) is 4. The molecule has 41 heavy (non-hydrogen) atoms. The Morgan fingerprint density at radius 1 is 0.902 bits per heavy atom. The first-order valence-corrected chi connectivity index (χ1v) is 15.6. The summed E-state index contributed by atoms with van der Waals surface area (Å²) < 4.78 is 19.1. The van der Waals surface area contributed by atoms with E-state index in [9.17, 15) is 24.0 Å². The second kappa shape index (κ2) is 23.9. The van der Waals surface area contributed by atoms with E-state index < -0.39 is 5.97 Å². The number of hydrogen-bond donors (Lipinski definition) is 3. The van der Waals surface area contributed by atoms with Gasteiger partial charge in [0, 0.05) is 5.56 Å². The fourth-order valence-corrected chi connectivity index (χ4v) is 2.33. The summed E-state index contributed by atoms with van der Waals surface area (Å²) in [5.74, 6) is -1.52. The predicted molar refractivity (Wildman–Crippen MR) is 165 cm³/mol. The molecule has 1 saturated heterocycles. The van der Waals surface area contributed by atoms with Crippen LogP contribution < -0.4 is 10.5 Å². The van der Waals surface area contributed by atoms with Crippen molar-refractivity contribution >= 4 is 93.3 Å². The zero-order valence-electron chi connectivity index (χ0n) is 22.9. The van der Waals surface area contributed by atoms with Gasteiger partial charge < -0.3 is 34.9 Å². The average molecular weight is 845 g/mol. The number of carbonyl (C=O) groups is 5. The van der Waals surface area contributed by atoms with E-state index in [0.717, 1.165) is 6.61 Å². The van der Waals surface area contributed by atoms with Crippen LogP contribution in [-0.4, -0.2) is 98.3 Å². The summed E-state index contributed by atoms with van der Waals surface area (Å²) in [6.07, 6.45) is 0.162. The molecule has 5 unspecified atom stereocenters. The number of hydrogen-bond acceptors (Lipinski definition) is 10. The number of nitrogens with two attached hydrogens (primary N) is 1. The maximum Gasteiger partial charge on any atom is 0.341 e. The number of amides is 1. The van der Waals surface area contributed by atoms with Crippen LogP contribution in [0.25, 0.3) is 0 Å². The number of aliphatic hydroxyl groups is 1. The van der Waals surface area contributed by atoms with Gasteiger partial charge in [-0.1, -0.05) is 63.7 Å². The number of halogens is 4. The van der Waals surface area contributed by atoms with Crippen molar-refractivity contribution in [2.75, 3.05) is 33.0 Å². The van der Waals surface area contributed by atoms with Crippen molar-refractivity contribution in [2.45, 2.75) is 53.1 Å². The van der Waals surface area contributed by atoms with E-state index >= 15 is 0 Å². The van der Waals surface area contributed by atoms with E-state index in [0.29, 0.717) is 17.9 Å². The van der Waals surface area contributed by atoms with Gasteiger partial charge in [0.15, 0.2) is 12.4 Å². The van der Waals surface area contributed by atoms with Crippen molar-refractivity contribution in [3.05, 3.63) is 29.8 Å². The highest BCUT2D eigenvalue weighted by Crippen LogP contribution is 2.15. The van der Waals surface area contributed by atoms with Crippen LogP contribution in [0.2, 0.25) is 0 Å². The Labute approximate surface area is 272 Å². The first kappa shape index (κ1) is 41.5. The Kier molecular flexibility index (Phi) is 24.2. The molecular formula is C25H35Br4NO11. The van der Waals surface area contributed by atoms with Crippen LogP contribution in [-0.2, 0) is 33.4 Å². The van der Waals surface area contributed by atoms with Gasteiger partial charge in [0.2, 0.25) is 5.91 Å². The minimum absolute atomic E-state index is 0.0233. The summed E-state index contributed by atoms with van der Waals surface area (Å²) >= 11 is 12.3.